The van der Waals surface area contributed by atoms with Crippen LogP contribution in [0.4, 0.5) is 8.78 Å². The van der Waals surface area contributed by atoms with Crippen molar-refractivity contribution in [2.24, 2.45) is 16.8 Å². The highest BCUT2D eigenvalue weighted by molar-refractivity contribution is 5.97. The molecule has 0 aliphatic carbocycles. The first kappa shape index (κ1) is 15.2. The molecular formula is C13H18F2N2O2. The molecule has 0 spiro atoms. The first-order valence-electron chi connectivity index (χ1n) is 6.05. The number of rotatable bonds is 6. The van der Waals surface area contributed by atoms with Gasteiger partial charge in [-0.05, 0) is 30.9 Å². The third-order valence-corrected chi connectivity index (χ3v) is 2.57. The second-order valence-electron chi connectivity index (χ2n) is 4.64. The van der Waals surface area contributed by atoms with Gasteiger partial charge in [0, 0.05) is 5.56 Å². The van der Waals surface area contributed by atoms with E-state index < -0.39 is 17.4 Å². The van der Waals surface area contributed by atoms with E-state index in [0.717, 1.165) is 25.0 Å². The monoisotopic (exact) mass is 272 g/mol. The topological polar surface area (TPSA) is 67.8 Å². The molecule has 0 heterocycles. The molecule has 106 valence electrons. The van der Waals surface area contributed by atoms with Crippen LogP contribution in [-0.2, 0) is 0 Å². The predicted octanol–water partition coefficient (Wildman–Crippen LogP) is 2.87. The Hall–Kier alpha value is -1.85. The van der Waals surface area contributed by atoms with Gasteiger partial charge in [0.1, 0.15) is 0 Å². The summed E-state index contributed by atoms with van der Waals surface area (Å²) in [5.41, 5.74) is 5.23. The Morgan fingerprint density at radius 1 is 1.37 bits per heavy atom. The van der Waals surface area contributed by atoms with Gasteiger partial charge >= 0.3 is 0 Å². The van der Waals surface area contributed by atoms with E-state index in [1.54, 1.807) is 0 Å². The molecular weight excluding hydrogens is 254 g/mol. The zero-order chi connectivity index (χ0) is 14.4. The van der Waals surface area contributed by atoms with E-state index in [-0.39, 0.29) is 18.0 Å². The van der Waals surface area contributed by atoms with E-state index in [0.29, 0.717) is 5.92 Å². The van der Waals surface area contributed by atoms with Crippen LogP contribution in [0.15, 0.2) is 17.3 Å². The molecule has 0 aromatic heterocycles. The molecule has 19 heavy (non-hydrogen) atoms. The van der Waals surface area contributed by atoms with Crippen molar-refractivity contribution in [1.29, 1.82) is 0 Å². The van der Waals surface area contributed by atoms with Gasteiger partial charge in [0.15, 0.2) is 23.2 Å². The van der Waals surface area contributed by atoms with E-state index in [9.17, 15) is 8.78 Å². The second-order valence-corrected chi connectivity index (χ2v) is 4.64. The maximum absolute atomic E-state index is 13.6. The van der Waals surface area contributed by atoms with E-state index in [4.69, 9.17) is 15.7 Å². The summed E-state index contributed by atoms with van der Waals surface area (Å²) in [6, 6.07) is 1.94. The van der Waals surface area contributed by atoms with Crippen LogP contribution in [0.1, 0.15) is 32.3 Å². The van der Waals surface area contributed by atoms with Crippen LogP contribution in [0, 0.1) is 17.6 Å². The summed E-state index contributed by atoms with van der Waals surface area (Å²) in [4.78, 5) is 0. The number of nitrogens with zero attached hydrogens (tertiary/aromatic N) is 1. The number of benzene rings is 1. The van der Waals surface area contributed by atoms with Crippen LogP contribution in [-0.4, -0.2) is 17.6 Å². The summed E-state index contributed by atoms with van der Waals surface area (Å²) >= 11 is 0. The van der Waals surface area contributed by atoms with Crippen LogP contribution in [0.3, 0.4) is 0 Å². The van der Waals surface area contributed by atoms with Gasteiger partial charge < -0.3 is 15.7 Å². The lowest BCUT2D eigenvalue weighted by atomic mass is 10.1. The quantitative estimate of drug-likeness (QED) is 0.275. The third kappa shape index (κ3) is 4.39. The Morgan fingerprint density at radius 3 is 2.42 bits per heavy atom. The molecule has 4 nitrogen and oxygen atoms in total. The molecule has 0 saturated carbocycles. The number of hydrogen-bond acceptors (Lipinski definition) is 3. The van der Waals surface area contributed by atoms with Crippen molar-refractivity contribution in [2.75, 3.05) is 6.61 Å². The van der Waals surface area contributed by atoms with Gasteiger partial charge in [-0.25, -0.2) is 8.78 Å². The Balaban J connectivity index is 2.75. The molecule has 0 fully saturated rings. The zero-order valence-corrected chi connectivity index (χ0v) is 11.0. The summed E-state index contributed by atoms with van der Waals surface area (Å²) in [6.07, 6.45) is 1.64. The lowest BCUT2D eigenvalue weighted by molar-refractivity contribution is 0.270. The van der Waals surface area contributed by atoms with Crippen LogP contribution in [0.25, 0.3) is 0 Å². The summed E-state index contributed by atoms with van der Waals surface area (Å²) in [7, 11) is 0. The maximum atomic E-state index is 13.6. The van der Waals surface area contributed by atoms with Crippen LogP contribution >= 0.6 is 0 Å². The van der Waals surface area contributed by atoms with Crippen molar-refractivity contribution in [1.82, 2.24) is 0 Å². The van der Waals surface area contributed by atoms with Crippen LogP contribution in [0.2, 0.25) is 0 Å². The van der Waals surface area contributed by atoms with Crippen molar-refractivity contribution in [2.45, 2.75) is 26.7 Å². The minimum absolute atomic E-state index is 0.0352. The van der Waals surface area contributed by atoms with Crippen molar-refractivity contribution in [3.63, 3.8) is 0 Å². The largest absolute Gasteiger partial charge is 0.488 e. The van der Waals surface area contributed by atoms with Gasteiger partial charge in [0.2, 0.25) is 0 Å². The van der Waals surface area contributed by atoms with Gasteiger partial charge in [0.05, 0.1) is 6.61 Å². The average molecular weight is 272 g/mol. The minimum atomic E-state index is -0.869. The first-order chi connectivity index (χ1) is 8.95. The zero-order valence-electron chi connectivity index (χ0n) is 11.0. The molecule has 0 radical (unpaired) electrons. The average Bonchev–Trinajstić information content (AvgIpc) is 2.35. The molecule has 0 unspecified atom stereocenters. The fourth-order valence-corrected chi connectivity index (χ4v) is 1.57. The SMILES string of the molecule is CC(C)CCCOc1c(F)cc(C(N)=NO)cc1F. The van der Waals surface area contributed by atoms with E-state index >= 15 is 0 Å². The summed E-state index contributed by atoms with van der Waals surface area (Å²) < 4.78 is 32.4. The van der Waals surface area contributed by atoms with Crippen molar-refractivity contribution in [3.8, 4) is 5.75 Å². The molecule has 0 bridgehead atoms. The lowest BCUT2D eigenvalue weighted by Crippen LogP contribution is -2.14. The summed E-state index contributed by atoms with van der Waals surface area (Å²) in [5, 5.41) is 11.1. The van der Waals surface area contributed by atoms with Crippen molar-refractivity contribution < 1.29 is 18.7 Å². The Morgan fingerprint density at radius 2 is 1.95 bits per heavy atom. The lowest BCUT2D eigenvalue weighted by Gasteiger charge is -2.10. The molecule has 6 heteroatoms. The van der Waals surface area contributed by atoms with Gasteiger partial charge in [-0.2, -0.15) is 0 Å². The molecule has 1 aromatic rings. The summed E-state index contributed by atoms with van der Waals surface area (Å²) in [5.74, 6) is -2.01. The molecule has 0 aliphatic heterocycles. The van der Waals surface area contributed by atoms with E-state index in [2.05, 4.69) is 19.0 Å². The molecule has 0 aliphatic rings. The van der Waals surface area contributed by atoms with E-state index in [1.165, 1.54) is 0 Å². The van der Waals surface area contributed by atoms with E-state index in [1.807, 2.05) is 0 Å². The third-order valence-electron chi connectivity index (χ3n) is 2.57. The number of hydrogen-bond donors (Lipinski definition) is 2. The number of nitrogens with two attached hydrogens (primary N) is 1. The van der Waals surface area contributed by atoms with Crippen LogP contribution < -0.4 is 10.5 Å². The highest BCUT2D eigenvalue weighted by Gasteiger charge is 2.14. The minimum Gasteiger partial charge on any atom is -0.488 e. The van der Waals surface area contributed by atoms with Gasteiger partial charge in [-0.3, -0.25) is 0 Å². The Labute approximate surface area is 110 Å². The standard InChI is InChI=1S/C13H18F2N2O2/c1-8(2)4-3-5-19-12-10(14)6-9(7-11(12)15)13(16)17-18/h6-8,18H,3-5H2,1-2H3,(H2,16,17). The van der Waals surface area contributed by atoms with Gasteiger partial charge in [-0.1, -0.05) is 19.0 Å². The van der Waals surface area contributed by atoms with Gasteiger partial charge in [0.25, 0.3) is 0 Å². The fraction of sp³-hybridized carbons (Fsp3) is 0.462. The molecule has 3 N–H and O–H groups in total. The number of amidine groups is 1. The molecule has 0 atom stereocenters. The Bertz CT molecular complexity index is 439. The first-order valence-corrected chi connectivity index (χ1v) is 6.05. The number of oxime groups is 1. The summed E-state index contributed by atoms with van der Waals surface area (Å²) in [6.45, 7) is 4.37. The smallest absolute Gasteiger partial charge is 0.190 e. The Kier molecular flexibility index (Phi) is 5.54. The van der Waals surface area contributed by atoms with Crippen LogP contribution in [0.5, 0.6) is 5.75 Å². The normalized spacial score (nSPS) is 11.9. The fourth-order valence-electron chi connectivity index (χ4n) is 1.57. The molecule has 0 saturated heterocycles. The highest BCUT2D eigenvalue weighted by Crippen LogP contribution is 2.23. The van der Waals surface area contributed by atoms with Gasteiger partial charge in [-0.15, -0.1) is 0 Å². The predicted molar refractivity (Wildman–Crippen MR) is 68.4 cm³/mol. The molecule has 0 amide bonds. The van der Waals surface area contributed by atoms with Crippen molar-refractivity contribution in [3.05, 3.63) is 29.3 Å². The second kappa shape index (κ2) is 6.92. The molecule has 1 rings (SSSR count). The number of ether oxygens (including phenoxy) is 1. The molecule has 1 aromatic carbocycles. The highest BCUT2D eigenvalue weighted by atomic mass is 19.1. The van der Waals surface area contributed by atoms with Crippen molar-refractivity contribution >= 4 is 5.84 Å². The number of halogens is 2. The maximum Gasteiger partial charge on any atom is 0.190 e.